The van der Waals surface area contributed by atoms with Crippen LogP contribution in [0.1, 0.15) is 12.8 Å². The zero-order chi connectivity index (χ0) is 14.1. The molecule has 21 heavy (non-hydrogen) atoms. The highest BCUT2D eigenvalue weighted by Crippen LogP contribution is 2.31. The molecule has 0 atom stereocenters. The van der Waals surface area contributed by atoms with Crippen LogP contribution in [0.4, 0.5) is 5.82 Å². The highest BCUT2D eigenvalue weighted by Gasteiger charge is 2.21. The molecule has 1 fully saturated rings. The van der Waals surface area contributed by atoms with Crippen molar-refractivity contribution < 1.29 is 4.52 Å². The van der Waals surface area contributed by atoms with Crippen molar-refractivity contribution in [1.82, 2.24) is 20.1 Å². The summed E-state index contributed by atoms with van der Waals surface area (Å²) in [5, 5.41) is 6.05. The van der Waals surface area contributed by atoms with Crippen LogP contribution in [-0.4, -0.2) is 33.2 Å². The van der Waals surface area contributed by atoms with Crippen LogP contribution in [0.2, 0.25) is 0 Å². The Bertz CT molecular complexity index is 733. The maximum absolute atomic E-state index is 5.41. The predicted octanol–water partition coefficient (Wildman–Crippen LogP) is 2.86. The first-order chi connectivity index (χ1) is 10.4. The van der Waals surface area contributed by atoms with Gasteiger partial charge in [0.15, 0.2) is 0 Å². The Balaban J connectivity index is 1.73. The summed E-state index contributed by atoms with van der Waals surface area (Å²) < 4.78 is 5.41. The molecule has 6 nitrogen and oxygen atoms in total. The standard InChI is InChI=1S/C14H13N5OS/c1-2-6-19(5-1)13-10(8-15-9-16-13)14-17-12(18-20-14)11-4-3-7-21-11/h3-4,7-9H,1-2,5-6H2. The van der Waals surface area contributed by atoms with E-state index in [9.17, 15) is 0 Å². The molecule has 4 rings (SSSR count). The normalized spacial score (nSPS) is 14.8. The summed E-state index contributed by atoms with van der Waals surface area (Å²) in [6.07, 6.45) is 5.68. The van der Waals surface area contributed by atoms with E-state index in [1.807, 2.05) is 17.5 Å². The highest BCUT2D eigenvalue weighted by atomic mass is 32.1. The average molecular weight is 299 g/mol. The van der Waals surface area contributed by atoms with Crippen molar-refractivity contribution in [1.29, 1.82) is 0 Å². The second-order valence-electron chi connectivity index (χ2n) is 4.85. The van der Waals surface area contributed by atoms with Crippen molar-refractivity contribution in [3.63, 3.8) is 0 Å². The first-order valence-electron chi connectivity index (χ1n) is 6.85. The van der Waals surface area contributed by atoms with Crippen molar-refractivity contribution in [2.75, 3.05) is 18.0 Å². The van der Waals surface area contributed by atoms with Gasteiger partial charge in [-0.05, 0) is 24.3 Å². The van der Waals surface area contributed by atoms with Crippen molar-refractivity contribution in [2.24, 2.45) is 0 Å². The summed E-state index contributed by atoms with van der Waals surface area (Å²) in [7, 11) is 0. The van der Waals surface area contributed by atoms with Crippen molar-refractivity contribution in [3.8, 4) is 22.2 Å². The van der Waals surface area contributed by atoms with Gasteiger partial charge < -0.3 is 9.42 Å². The van der Waals surface area contributed by atoms with Gasteiger partial charge in [0.05, 0.1) is 4.88 Å². The van der Waals surface area contributed by atoms with Crippen LogP contribution in [0.15, 0.2) is 34.6 Å². The van der Waals surface area contributed by atoms with E-state index in [0.717, 1.165) is 29.3 Å². The Morgan fingerprint density at radius 2 is 2.14 bits per heavy atom. The Kier molecular flexibility index (Phi) is 3.11. The molecular formula is C14H13N5OS. The monoisotopic (exact) mass is 299 g/mol. The molecule has 0 radical (unpaired) electrons. The molecule has 0 unspecified atom stereocenters. The molecule has 3 aromatic rings. The van der Waals surface area contributed by atoms with Gasteiger partial charge in [0, 0.05) is 19.3 Å². The summed E-state index contributed by atoms with van der Waals surface area (Å²) >= 11 is 1.59. The number of thiophene rings is 1. The minimum atomic E-state index is 0.473. The predicted molar refractivity (Wildman–Crippen MR) is 80.1 cm³/mol. The van der Waals surface area contributed by atoms with Gasteiger partial charge in [0.1, 0.15) is 17.7 Å². The van der Waals surface area contributed by atoms with Crippen molar-refractivity contribution in [3.05, 3.63) is 30.0 Å². The fourth-order valence-corrected chi connectivity index (χ4v) is 3.14. The lowest BCUT2D eigenvalue weighted by Gasteiger charge is -2.17. The van der Waals surface area contributed by atoms with E-state index < -0.39 is 0 Å². The lowest BCUT2D eigenvalue weighted by atomic mass is 10.3. The van der Waals surface area contributed by atoms with Gasteiger partial charge in [0.2, 0.25) is 5.82 Å². The minimum absolute atomic E-state index is 0.473. The van der Waals surface area contributed by atoms with E-state index in [0.29, 0.717) is 11.7 Å². The molecular weight excluding hydrogens is 286 g/mol. The average Bonchev–Trinajstić information content (AvgIpc) is 3.27. The Morgan fingerprint density at radius 3 is 2.95 bits per heavy atom. The first kappa shape index (κ1) is 12.5. The molecule has 0 bridgehead atoms. The lowest BCUT2D eigenvalue weighted by molar-refractivity contribution is 0.432. The number of hydrogen-bond acceptors (Lipinski definition) is 7. The third-order valence-corrected chi connectivity index (χ3v) is 4.36. The number of aromatic nitrogens is 4. The van der Waals surface area contributed by atoms with Gasteiger partial charge in [-0.2, -0.15) is 4.98 Å². The van der Waals surface area contributed by atoms with Crippen LogP contribution in [0, 0.1) is 0 Å². The number of rotatable bonds is 3. The summed E-state index contributed by atoms with van der Waals surface area (Å²) in [5.74, 6) is 1.96. The van der Waals surface area contributed by atoms with Crippen LogP contribution in [0.3, 0.4) is 0 Å². The van der Waals surface area contributed by atoms with E-state index in [4.69, 9.17) is 4.52 Å². The molecule has 0 aromatic carbocycles. The summed E-state index contributed by atoms with van der Waals surface area (Å²) in [6.45, 7) is 2.02. The van der Waals surface area contributed by atoms with Gasteiger partial charge in [-0.1, -0.05) is 11.2 Å². The van der Waals surface area contributed by atoms with E-state index in [2.05, 4.69) is 25.0 Å². The van der Waals surface area contributed by atoms with Crippen LogP contribution in [-0.2, 0) is 0 Å². The second-order valence-corrected chi connectivity index (χ2v) is 5.80. The molecule has 4 heterocycles. The fraction of sp³-hybridized carbons (Fsp3) is 0.286. The quantitative estimate of drug-likeness (QED) is 0.741. The molecule has 1 saturated heterocycles. The SMILES string of the molecule is c1csc(-c2noc(-c3cncnc3N3CCCC3)n2)c1. The fourth-order valence-electron chi connectivity index (χ4n) is 2.49. The molecule has 7 heteroatoms. The maximum Gasteiger partial charge on any atom is 0.263 e. The van der Waals surface area contributed by atoms with E-state index in [1.54, 1.807) is 23.9 Å². The maximum atomic E-state index is 5.41. The summed E-state index contributed by atoms with van der Waals surface area (Å²) in [5.41, 5.74) is 0.801. The second kappa shape index (κ2) is 5.25. The van der Waals surface area contributed by atoms with E-state index >= 15 is 0 Å². The number of nitrogens with zero attached hydrogens (tertiary/aromatic N) is 5. The molecule has 1 aliphatic heterocycles. The van der Waals surface area contributed by atoms with E-state index in [-0.39, 0.29) is 0 Å². The molecule has 0 aliphatic carbocycles. The molecule has 3 aromatic heterocycles. The van der Waals surface area contributed by atoms with Crippen LogP contribution in [0.5, 0.6) is 0 Å². The Labute approximate surface area is 125 Å². The molecule has 0 N–H and O–H groups in total. The minimum Gasteiger partial charge on any atom is -0.356 e. The van der Waals surface area contributed by atoms with Gasteiger partial charge in [-0.15, -0.1) is 11.3 Å². The number of hydrogen-bond donors (Lipinski definition) is 0. The van der Waals surface area contributed by atoms with Crippen LogP contribution in [0.25, 0.3) is 22.2 Å². The van der Waals surface area contributed by atoms with Crippen LogP contribution >= 0.6 is 11.3 Å². The van der Waals surface area contributed by atoms with Crippen molar-refractivity contribution >= 4 is 17.2 Å². The molecule has 106 valence electrons. The first-order valence-corrected chi connectivity index (χ1v) is 7.73. The third-order valence-electron chi connectivity index (χ3n) is 3.49. The summed E-state index contributed by atoms with van der Waals surface area (Å²) in [6, 6.07) is 3.94. The van der Waals surface area contributed by atoms with Gasteiger partial charge in [0.25, 0.3) is 5.89 Å². The molecule has 0 spiro atoms. The lowest BCUT2D eigenvalue weighted by Crippen LogP contribution is -2.20. The zero-order valence-corrected chi connectivity index (χ0v) is 12.1. The Morgan fingerprint density at radius 1 is 1.24 bits per heavy atom. The van der Waals surface area contributed by atoms with E-state index in [1.165, 1.54) is 12.8 Å². The molecule has 0 saturated carbocycles. The van der Waals surface area contributed by atoms with Gasteiger partial charge in [-0.25, -0.2) is 9.97 Å². The smallest absolute Gasteiger partial charge is 0.263 e. The highest BCUT2D eigenvalue weighted by molar-refractivity contribution is 7.13. The summed E-state index contributed by atoms with van der Waals surface area (Å²) in [4.78, 5) is 16.2. The van der Waals surface area contributed by atoms with Gasteiger partial charge >= 0.3 is 0 Å². The zero-order valence-electron chi connectivity index (χ0n) is 11.3. The van der Waals surface area contributed by atoms with Crippen molar-refractivity contribution in [2.45, 2.75) is 12.8 Å². The molecule has 1 aliphatic rings. The van der Waals surface area contributed by atoms with Crippen LogP contribution < -0.4 is 4.90 Å². The Hall–Kier alpha value is -2.28. The number of anilines is 1. The molecule has 0 amide bonds. The van der Waals surface area contributed by atoms with Gasteiger partial charge in [-0.3, -0.25) is 0 Å². The largest absolute Gasteiger partial charge is 0.356 e. The third kappa shape index (κ3) is 2.29. The topological polar surface area (TPSA) is 67.9 Å².